The molecule has 0 unspecified atom stereocenters. The number of nitrogens with zero attached hydrogens (tertiary/aromatic N) is 1. The first-order valence-electron chi connectivity index (χ1n) is 7.11. The topological polar surface area (TPSA) is 70.9 Å². The summed E-state index contributed by atoms with van der Waals surface area (Å²) in [6.07, 6.45) is 1.62. The Bertz CT molecular complexity index is 699. The van der Waals surface area contributed by atoms with Gasteiger partial charge >= 0.3 is 0 Å². The van der Waals surface area contributed by atoms with Gasteiger partial charge in [0.15, 0.2) is 11.5 Å². The van der Waals surface area contributed by atoms with Gasteiger partial charge in [0.25, 0.3) is 0 Å². The average molecular weight is 377 g/mol. The summed E-state index contributed by atoms with van der Waals surface area (Å²) in [6.45, 7) is 2.29. The zero-order chi connectivity index (χ0) is 16.7. The van der Waals surface area contributed by atoms with Crippen molar-refractivity contribution in [1.82, 2.24) is 5.43 Å². The Morgan fingerprint density at radius 3 is 2.74 bits per heavy atom. The number of phenolic OH excluding ortho intramolecular Hbond substituents is 1. The number of aromatic hydroxyl groups is 1. The summed E-state index contributed by atoms with van der Waals surface area (Å²) in [5.74, 6) is 0.155. The molecule has 0 aliphatic heterocycles. The van der Waals surface area contributed by atoms with Crippen molar-refractivity contribution < 1.29 is 14.6 Å². The Morgan fingerprint density at radius 2 is 2.04 bits per heavy atom. The fraction of sp³-hybridized carbons (Fsp3) is 0.176. The average Bonchev–Trinajstić information content (AvgIpc) is 2.53. The normalized spacial score (nSPS) is 10.7. The number of benzene rings is 2. The van der Waals surface area contributed by atoms with Gasteiger partial charge in [-0.1, -0.05) is 34.1 Å². The van der Waals surface area contributed by atoms with E-state index in [-0.39, 0.29) is 18.1 Å². The van der Waals surface area contributed by atoms with Crippen molar-refractivity contribution in [1.29, 1.82) is 0 Å². The van der Waals surface area contributed by atoms with Crippen LogP contribution in [0.1, 0.15) is 18.1 Å². The molecule has 0 saturated heterocycles. The maximum Gasteiger partial charge on any atom is 0.244 e. The number of carbonyl (C=O) groups excluding carboxylic acids is 1. The Hall–Kier alpha value is -2.34. The van der Waals surface area contributed by atoms with Crippen LogP contribution < -0.4 is 10.2 Å². The molecule has 2 aromatic rings. The fourth-order valence-corrected chi connectivity index (χ4v) is 2.18. The van der Waals surface area contributed by atoms with Crippen molar-refractivity contribution in [3.63, 3.8) is 0 Å². The van der Waals surface area contributed by atoms with Gasteiger partial charge in [-0.25, -0.2) is 5.43 Å². The number of para-hydroxylation sites is 1. The molecule has 2 N–H and O–H groups in total. The molecule has 23 heavy (non-hydrogen) atoms. The van der Waals surface area contributed by atoms with Crippen LogP contribution >= 0.6 is 15.9 Å². The second-order valence-electron chi connectivity index (χ2n) is 4.72. The lowest BCUT2D eigenvalue weighted by Gasteiger charge is -2.07. The zero-order valence-corrected chi connectivity index (χ0v) is 14.2. The van der Waals surface area contributed by atoms with Crippen LogP contribution in [-0.2, 0) is 11.2 Å². The molecule has 120 valence electrons. The molecule has 0 spiro atoms. The molecule has 0 atom stereocenters. The number of phenols is 1. The number of hydrogen-bond donors (Lipinski definition) is 2. The van der Waals surface area contributed by atoms with E-state index in [9.17, 15) is 9.90 Å². The Labute approximate surface area is 143 Å². The number of rotatable bonds is 6. The highest BCUT2D eigenvalue weighted by molar-refractivity contribution is 9.10. The predicted octanol–water partition coefficient (Wildman–Crippen LogP) is 3.25. The monoisotopic (exact) mass is 376 g/mol. The molecular weight excluding hydrogens is 360 g/mol. The van der Waals surface area contributed by atoms with Gasteiger partial charge in [0.2, 0.25) is 5.91 Å². The van der Waals surface area contributed by atoms with E-state index in [1.165, 1.54) is 6.21 Å². The van der Waals surface area contributed by atoms with E-state index in [2.05, 4.69) is 26.5 Å². The lowest BCUT2D eigenvalue weighted by atomic mass is 10.1. The summed E-state index contributed by atoms with van der Waals surface area (Å²) in [5, 5.41) is 13.9. The predicted molar refractivity (Wildman–Crippen MR) is 92.9 cm³/mol. The number of halogens is 1. The smallest absolute Gasteiger partial charge is 0.244 e. The van der Waals surface area contributed by atoms with E-state index in [1.54, 1.807) is 18.2 Å². The molecule has 6 heteroatoms. The summed E-state index contributed by atoms with van der Waals surface area (Å²) in [4.78, 5) is 11.8. The Morgan fingerprint density at radius 1 is 1.30 bits per heavy atom. The standard InChI is InChI=1S/C17H17BrN2O3/c1-2-23-15-5-3-4-13(17(15)22)11-19-20-16(21)10-12-6-8-14(18)9-7-12/h3-9,11,22H,2,10H2,1H3,(H,20,21)/b19-11+. The van der Waals surface area contributed by atoms with Crippen LogP contribution in [0.3, 0.4) is 0 Å². The molecule has 0 saturated carbocycles. The number of carbonyl (C=O) groups is 1. The lowest BCUT2D eigenvalue weighted by molar-refractivity contribution is -0.120. The van der Waals surface area contributed by atoms with E-state index >= 15 is 0 Å². The first kappa shape index (κ1) is 17.0. The molecule has 0 aromatic heterocycles. The van der Waals surface area contributed by atoms with Crippen molar-refractivity contribution in [2.45, 2.75) is 13.3 Å². The molecule has 0 radical (unpaired) electrons. The number of ether oxygens (including phenoxy) is 1. The number of hydrazone groups is 1. The highest BCUT2D eigenvalue weighted by atomic mass is 79.9. The van der Waals surface area contributed by atoms with E-state index in [1.807, 2.05) is 31.2 Å². The molecule has 1 amide bonds. The second-order valence-corrected chi connectivity index (χ2v) is 5.64. The number of amides is 1. The largest absolute Gasteiger partial charge is 0.504 e. The number of nitrogens with one attached hydrogen (secondary N) is 1. The van der Waals surface area contributed by atoms with Crippen molar-refractivity contribution in [2.24, 2.45) is 5.10 Å². The second kappa shape index (κ2) is 8.33. The molecular formula is C17H17BrN2O3. The van der Waals surface area contributed by atoms with Crippen molar-refractivity contribution in [2.75, 3.05) is 6.61 Å². The van der Waals surface area contributed by atoms with Gasteiger partial charge in [-0.2, -0.15) is 5.10 Å². The van der Waals surface area contributed by atoms with Crippen LogP contribution in [0.25, 0.3) is 0 Å². The molecule has 0 bridgehead atoms. The van der Waals surface area contributed by atoms with Gasteiger partial charge in [0.05, 0.1) is 19.2 Å². The van der Waals surface area contributed by atoms with E-state index in [0.29, 0.717) is 17.9 Å². The van der Waals surface area contributed by atoms with Crippen LogP contribution in [-0.4, -0.2) is 23.8 Å². The zero-order valence-electron chi connectivity index (χ0n) is 12.6. The quantitative estimate of drug-likeness (QED) is 0.600. The molecule has 0 aliphatic rings. The van der Waals surface area contributed by atoms with Crippen LogP contribution in [0, 0.1) is 0 Å². The summed E-state index contributed by atoms with van der Waals surface area (Å²) in [5.41, 5.74) is 3.80. The molecule has 0 aliphatic carbocycles. The minimum Gasteiger partial charge on any atom is -0.504 e. The summed E-state index contributed by atoms with van der Waals surface area (Å²) in [6, 6.07) is 12.6. The number of hydrogen-bond acceptors (Lipinski definition) is 4. The van der Waals surface area contributed by atoms with E-state index < -0.39 is 0 Å². The van der Waals surface area contributed by atoms with Crippen molar-refractivity contribution >= 4 is 28.1 Å². The van der Waals surface area contributed by atoms with Crippen LogP contribution in [0.5, 0.6) is 11.5 Å². The Kier molecular flexibility index (Phi) is 6.17. The van der Waals surface area contributed by atoms with Crippen LogP contribution in [0.15, 0.2) is 52.0 Å². The third kappa shape index (κ3) is 5.10. The van der Waals surface area contributed by atoms with Crippen LogP contribution in [0.4, 0.5) is 0 Å². The SMILES string of the molecule is CCOc1cccc(/C=N/NC(=O)Cc2ccc(Br)cc2)c1O. The highest BCUT2D eigenvalue weighted by Crippen LogP contribution is 2.28. The van der Waals surface area contributed by atoms with Crippen LogP contribution in [0.2, 0.25) is 0 Å². The third-order valence-electron chi connectivity index (χ3n) is 3.00. The summed E-state index contributed by atoms with van der Waals surface area (Å²) >= 11 is 3.35. The molecule has 5 nitrogen and oxygen atoms in total. The first-order chi connectivity index (χ1) is 11.1. The van der Waals surface area contributed by atoms with E-state index in [4.69, 9.17) is 4.74 Å². The Balaban J connectivity index is 1.94. The highest BCUT2D eigenvalue weighted by Gasteiger charge is 2.06. The first-order valence-corrected chi connectivity index (χ1v) is 7.90. The third-order valence-corrected chi connectivity index (χ3v) is 3.53. The minimum atomic E-state index is -0.232. The van der Waals surface area contributed by atoms with Gasteiger partial charge in [-0.15, -0.1) is 0 Å². The van der Waals surface area contributed by atoms with Crippen molar-refractivity contribution in [3.8, 4) is 11.5 Å². The maximum absolute atomic E-state index is 11.8. The lowest BCUT2D eigenvalue weighted by Crippen LogP contribution is -2.19. The van der Waals surface area contributed by atoms with Gasteiger partial charge in [0, 0.05) is 10.0 Å². The fourth-order valence-electron chi connectivity index (χ4n) is 1.92. The summed E-state index contributed by atoms with van der Waals surface area (Å²) in [7, 11) is 0. The molecule has 0 heterocycles. The summed E-state index contributed by atoms with van der Waals surface area (Å²) < 4.78 is 6.25. The van der Waals surface area contributed by atoms with Gasteiger partial charge in [0.1, 0.15) is 0 Å². The minimum absolute atomic E-state index is 0.000239. The molecule has 2 rings (SSSR count). The maximum atomic E-state index is 11.8. The van der Waals surface area contributed by atoms with E-state index in [0.717, 1.165) is 10.0 Å². The van der Waals surface area contributed by atoms with Gasteiger partial charge in [-0.3, -0.25) is 4.79 Å². The molecule has 0 fully saturated rings. The van der Waals surface area contributed by atoms with Crippen molar-refractivity contribution in [3.05, 3.63) is 58.1 Å². The van der Waals surface area contributed by atoms with Gasteiger partial charge in [-0.05, 0) is 36.8 Å². The molecule has 2 aromatic carbocycles. The van der Waals surface area contributed by atoms with Gasteiger partial charge < -0.3 is 9.84 Å².